The Morgan fingerprint density at radius 2 is 1.64 bits per heavy atom. The molecule has 25 heavy (non-hydrogen) atoms. The molecule has 0 radical (unpaired) electrons. The number of H-pyrrole nitrogens is 1. The van der Waals surface area contributed by atoms with E-state index < -0.39 is 0 Å². The second-order valence-electron chi connectivity index (χ2n) is 5.90. The maximum atomic E-state index is 12.5. The van der Waals surface area contributed by atoms with Gasteiger partial charge in [-0.1, -0.05) is 54.6 Å². The largest absolute Gasteiger partial charge is 0.319 e. The Hall–Kier alpha value is -2.47. The topological polar surface area (TPSA) is 45.8 Å². The molecule has 0 aliphatic carbocycles. The maximum absolute atomic E-state index is 12.5. The van der Waals surface area contributed by atoms with Gasteiger partial charge in [-0.05, 0) is 47.2 Å². The maximum Gasteiger partial charge on any atom is 0.252 e. The minimum absolute atomic E-state index is 0.0794. The van der Waals surface area contributed by atoms with Crippen LogP contribution in [0.25, 0.3) is 33.4 Å². The van der Waals surface area contributed by atoms with E-state index in [0.29, 0.717) is 0 Å². The molecule has 0 fully saturated rings. The van der Waals surface area contributed by atoms with Crippen molar-refractivity contribution in [2.45, 2.75) is 6.92 Å². The number of halogens is 1. The van der Waals surface area contributed by atoms with Gasteiger partial charge in [-0.25, -0.2) is 4.98 Å². The molecule has 3 nitrogen and oxygen atoms in total. The SMILES string of the molecule is Cc1c(-c2ccccc2)c(I)c(-c2ccc3ccccc3n2)[nH]c1=O. The lowest BCUT2D eigenvalue weighted by atomic mass is 10.0. The molecule has 2 aromatic heterocycles. The van der Waals surface area contributed by atoms with Gasteiger partial charge in [-0.15, -0.1) is 0 Å². The number of rotatable bonds is 2. The lowest BCUT2D eigenvalue weighted by Gasteiger charge is -2.13. The van der Waals surface area contributed by atoms with E-state index in [1.54, 1.807) is 0 Å². The first kappa shape index (κ1) is 16.0. The van der Waals surface area contributed by atoms with E-state index in [0.717, 1.165) is 42.6 Å². The molecule has 0 spiro atoms. The summed E-state index contributed by atoms with van der Waals surface area (Å²) in [4.78, 5) is 20.3. The summed E-state index contributed by atoms with van der Waals surface area (Å²) in [5.41, 5.74) is 5.11. The summed E-state index contributed by atoms with van der Waals surface area (Å²) < 4.78 is 1.00. The lowest BCUT2D eigenvalue weighted by molar-refractivity contribution is 1.16. The third-order valence-electron chi connectivity index (χ3n) is 4.31. The second-order valence-corrected chi connectivity index (χ2v) is 6.98. The van der Waals surface area contributed by atoms with Crippen LogP contribution in [0.1, 0.15) is 5.56 Å². The molecule has 0 aliphatic rings. The minimum atomic E-state index is -0.0794. The zero-order chi connectivity index (χ0) is 17.4. The molecule has 0 atom stereocenters. The van der Waals surface area contributed by atoms with Crippen LogP contribution in [-0.2, 0) is 0 Å². The zero-order valence-electron chi connectivity index (χ0n) is 13.6. The average Bonchev–Trinajstić information content (AvgIpc) is 2.65. The highest BCUT2D eigenvalue weighted by Crippen LogP contribution is 2.32. The minimum Gasteiger partial charge on any atom is -0.319 e. The molecule has 2 heterocycles. The summed E-state index contributed by atoms with van der Waals surface area (Å²) in [6, 6.07) is 22.0. The van der Waals surface area contributed by atoms with Gasteiger partial charge >= 0.3 is 0 Å². The first-order valence-electron chi connectivity index (χ1n) is 7.99. The first-order valence-corrected chi connectivity index (χ1v) is 9.07. The zero-order valence-corrected chi connectivity index (χ0v) is 15.7. The molecule has 2 aromatic carbocycles. The Balaban J connectivity index is 1.99. The Kier molecular flexibility index (Phi) is 4.13. The van der Waals surface area contributed by atoms with Crippen LogP contribution in [0.5, 0.6) is 0 Å². The number of para-hydroxylation sites is 1. The van der Waals surface area contributed by atoms with Crippen molar-refractivity contribution in [1.82, 2.24) is 9.97 Å². The number of pyridine rings is 2. The van der Waals surface area contributed by atoms with Gasteiger partial charge in [0.1, 0.15) is 0 Å². The van der Waals surface area contributed by atoms with E-state index in [4.69, 9.17) is 4.98 Å². The summed E-state index contributed by atoms with van der Waals surface area (Å²) in [5.74, 6) is 0. The first-order chi connectivity index (χ1) is 12.1. The van der Waals surface area contributed by atoms with E-state index in [2.05, 4.69) is 27.6 Å². The molecular weight excluding hydrogens is 423 g/mol. The number of nitrogens with zero attached hydrogens (tertiary/aromatic N) is 1. The standard InChI is InChI=1S/C21H15IN2O/c1-13-18(15-8-3-2-4-9-15)19(22)20(24-21(13)25)17-12-11-14-7-5-6-10-16(14)23-17/h2-12H,1H3,(H,24,25). The van der Waals surface area contributed by atoms with Gasteiger partial charge in [0.2, 0.25) is 0 Å². The van der Waals surface area contributed by atoms with E-state index in [1.165, 1.54) is 0 Å². The molecule has 0 saturated carbocycles. The Labute approximate surface area is 158 Å². The molecule has 0 saturated heterocycles. The molecule has 4 heteroatoms. The summed E-state index contributed by atoms with van der Waals surface area (Å²) >= 11 is 2.30. The summed E-state index contributed by atoms with van der Waals surface area (Å²) in [6.45, 7) is 1.86. The molecule has 0 aliphatic heterocycles. The van der Waals surface area contributed by atoms with Crippen LogP contribution in [0.15, 0.2) is 71.5 Å². The molecule has 122 valence electrons. The van der Waals surface area contributed by atoms with Crippen molar-refractivity contribution in [3.63, 3.8) is 0 Å². The van der Waals surface area contributed by atoms with E-state index in [9.17, 15) is 4.79 Å². The summed E-state index contributed by atoms with van der Waals surface area (Å²) in [6.07, 6.45) is 0. The molecule has 0 bridgehead atoms. The third-order valence-corrected chi connectivity index (χ3v) is 5.39. The fraction of sp³-hybridized carbons (Fsp3) is 0.0476. The molecule has 4 rings (SSSR count). The van der Waals surface area contributed by atoms with Crippen LogP contribution in [0.2, 0.25) is 0 Å². The normalized spacial score (nSPS) is 11.0. The van der Waals surface area contributed by atoms with Gasteiger partial charge in [0.05, 0.1) is 16.9 Å². The van der Waals surface area contributed by atoms with Gasteiger partial charge < -0.3 is 4.98 Å². The number of aromatic amines is 1. The van der Waals surface area contributed by atoms with E-state index >= 15 is 0 Å². The van der Waals surface area contributed by atoms with Crippen molar-refractivity contribution < 1.29 is 0 Å². The molecule has 1 N–H and O–H groups in total. The Morgan fingerprint density at radius 3 is 2.44 bits per heavy atom. The summed E-state index contributed by atoms with van der Waals surface area (Å²) in [7, 11) is 0. The van der Waals surface area contributed by atoms with Gasteiger partial charge in [-0.3, -0.25) is 4.79 Å². The highest BCUT2D eigenvalue weighted by atomic mass is 127. The molecular formula is C21H15IN2O. The van der Waals surface area contributed by atoms with Crippen LogP contribution < -0.4 is 5.56 Å². The molecule has 0 amide bonds. The quantitative estimate of drug-likeness (QED) is 0.439. The highest BCUT2D eigenvalue weighted by Gasteiger charge is 2.16. The van der Waals surface area contributed by atoms with Crippen molar-refractivity contribution >= 4 is 33.5 Å². The van der Waals surface area contributed by atoms with Crippen molar-refractivity contribution in [2.24, 2.45) is 0 Å². The average molecular weight is 438 g/mol. The van der Waals surface area contributed by atoms with Crippen LogP contribution in [0.3, 0.4) is 0 Å². The Bertz CT molecular complexity index is 1130. The van der Waals surface area contributed by atoms with Crippen LogP contribution in [0, 0.1) is 10.5 Å². The van der Waals surface area contributed by atoms with E-state index in [-0.39, 0.29) is 5.56 Å². The monoisotopic (exact) mass is 438 g/mol. The summed E-state index contributed by atoms with van der Waals surface area (Å²) in [5, 5.41) is 1.08. The Morgan fingerprint density at radius 1 is 0.920 bits per heavy atom. The fourth-order valence-corrected chi connectivity index (χ4v) is 4.12. The van der Waals surface area contributed by atoms with Crippen LogP contribution in [-0.4, -0.2) is 9.97 Å². The number of nitrogens with one attached hydrogen (secondary N) is 1. The number of hydrogen-bond donors (Lipinski definition) is 1. The fourth-order valence-electron chi connectivity index (χ4n) is 3.00. The van der Waals surface area contributed by atoms with Crippen LogP contribution in [0.4, 0.5) is 0 Å². The third kappa shape index (κ3) is 2.87. The van der Waals surface area contributed by atoms with Gasteiger partial charge in [0.25, 0.3) is 5.56 Å². The number of fused-ring (bicyclic) bond motifs is 1. The van der Waals surface area contributed by atoms with Gasteiger partial charge in [0.15, 0.2) is 0 Å². The van der Waals surface area contributed by atoms with Gasteiger partial charge in [-0.2, -0.15) is 0 Å². The lowest BCUT2D eigenvalue weighted by Crippen LogP contribution is -2.14. The predicted octanol–water partition coefficient (Wildman–Crippen LogP) is 5.17. The number of benzene rings is 2. The van der Waals surface area contributed by atoms with Crippen molar-refractivity contribution in [3.05, 3.63) is 86.2 Å². The molecule has 0 unspecified atom stereocenters. The van der Waals surface area contributed by atoms with E-state index in [1.807, 2.05) is 73.7 Å². The smallest absolute Gasteiger partial charge is 0.252 e. The number of aromatic nitrogens is 2. The molecule has 4 aromatic rings. The van der Waals surface area contributed by atoms with Crippen molar-refractivity contribution in [3.8, 4) is 22.5 Å². The predicted molar refractivity (Wildman–Crippen MR) is 111 cm³/mol. The van der Waals surface area contributed by atoms with Crippen LogP contribution >= 0.6 is 22.6 Å². The van der Waals surface area contributed by atoms with Crippen molar-refractivity contribution in [1.29, 1.82) is 0 Å². The number of hydrogen-bond acceptors (Lipinski definition) is 2. The van der Waals surface area contributed by atoms with Gasteiger partial charge in [0, 0.05) is 20.1 Å². The second kappa shape index (κ2) is 6.44. The highest BCUT2D eigenvalue weighted by molar-refractivity contribution is 14.1. The van der Waals surface area contributed by atoms with Crippen molar-refractivity contribution in [2.75, 3.05) is 0 Å².